The van der Waals surface area contributed by atoms with Crippen LogP contribution >= 0.6 is 0 Å². The second-order valence-electron chi connectivity index (χ2n) is 6.63. The quantitative estimate of drug-likeness (QED) is 0.813. The van der Waals surface area contributed by atoms with Crippen molar-refractivity contribution in [3.63, 3.8) is 0 Å². The minimum absolute atomic E-state index is 0.00328. The number of carbonyl (C=O) groups excluding carboxylic acids is 1. The molecule has 1 aliphatic carbocycles. The van der Waals surface area contributed by atoms with Crippen molar-refractivity contribution < 1.29 is 18.7 Å². The lowest BCUT2D eigenvalue weighted by Crippen LogP contribution is -2.50. The lowest BCUT2D eigenvalue weighted by molar-refractivity contribution is -0.0820. The van der Waals surface area contributed by atoms with E-state index in [4.69, 9.17) is 9.47 Å². The molecule has 1 aliphatic heterocycles. The molecule has 0 unspecified atom stereocenters. The Balaban J connectivity index is 1.35. The summed E-state index contributed by atoms with van der Waals surface area (Å²) in [6, 6.07) is 5.95. The molecule has 2 amide bonds. The maximum absolute atomic E-state index is 13.0. The van der Waals surface area contributed by atoms with Gasteiger partial charge in [-0.3, -0.25) is 0 Å². The van der Waals surface area contributed by atoms with Crippen LogP contribution in [0.4, 0.5) is 9.18 Å². The zero-order valence-corrected chi connectivity index (χ0v) is 13.9. The van der Waals surface area contributed by atoms with Gasteiger partial charge in [-0.2, -0.15) is 0 Å². The summed E-state index contributed by atoms with van der Waals surface area (Å²) in [5, 5.41) is 5.82. The number of amides is 2. The number of carbonyl (C=O) groups is 1. The molecule has 2 N–H and O–H groups in total. The first-order chi connectivity index (χ1) is 11.7. The maximum Gasteiger partial charge on any atom is 0.315 e. The molecule has 1 spiro atoms. The largest absolute Gasteiger partial charge is 0.492 e. The van der Waals surface area contributed by atoms with Gasteiger partial charge in [0.05, 0.1) is 12.1 Å². The van der Waals surface area contributed by atoms with Crippen LogP contribution in [0.15, 0.2) is 24.3 Å². The van der Waals surface area contributed by atoms with Crippen LogP contribution in [-0.2, 0) is 4.74 Å². The average Bonchev–Trinajstić information content (AvgIpc) is 2.99. The Kier molecular flexibility index (Phi) is 5.56. The number of benzene rings is 1. The van der Waals surface area contributed by atoms with Gasteiger partial charge in [0.2, 0.25) is 0 Å². The molecule has 1 saturated heterocycles. The Hall–Kier alpha value is -1.82. The molecule has 6 heteroatoms. The fourth-order valence-corrected chi connectivity index (χ4v) is 3.65. The Labute approximate surface area is 141 Å². The molecular formula is C18H25FN2O3. The van der Waals surface area contributed by atoms with Crippen molar-refractivity contribution >= 4 is 6.03 Å². The zero-order valence-electron chi connectivity index (χ0n) is 13.9. The highest BCUT2D eigenvalue weighted by atomic mass is 19.1. The molecule has 24 heavy (non-hydrogen) atoms. The molecule has 0 bridgehead atoms. The number of hydrogen-bond donors (Lipinski definition) is 2. The molecule has 2 fully saturated rings. The highest BCUT2D eigenvalue weighted by Crippen LogP contribution is 2.39. The summed E-state index contributed by atoms with van der Waals surface area (Å²) in [5.41, 5.74) is -0.00328. The highest BCUT2D eigenvalue weighted by Gasteiger charge is 2.40. The minimum Gasteiger partial charge on any atom is -0.492 e. The van der Waals surface area contributed by atoms with Crippen molar-refractivity contribution in [1.29, 1.82) is 0 Å². The highest BCUT2D eigenvalue weighted by molar-refractivity contribution is 5.74. The van der Waals surface area contributed by atoms with Crippen molar-refractivity contribution in [2.24, 2.45) is 0 Å². The van der Waals surface area contributed by atoms with Crippen molar-refractivity contribution in [2.45, 2.75) is 50.2 Å². The van der Waals surface area contributed by atoms with Gasteiger partial charge < -0.3 is 20.1 Å². The molecule has 132 valence electrons. The summed E-state index contributed by atoms with van der Waals surface area (Å²) >= 11 is 0. The number of rotatable bonds is 5. The van der Waals surface area contributed by atoms with E-state index in [1.54, 1.807) is 12.1 Å². The van der Waals surface area contributed by atoms with Crippen molar-refractivity contribution in [3.05, 3.63) is 30.1 Å². The fraction of sp³-hybridized carbons (Fsp3) is 0.611. The number of halogens is 1. The summed E-state index contributed by atoms with van der Waals surface area (Å²) in [6.45, 7) is 1.39. The third-order valence-corrected chi connectivity index (χ3v) is 4.80. The monoisotopic (exact) mass is 336 g/mol. The second kappa shape index (κ2) is 7.83. The molecule has 0 radical (unpaired) electrons. The summed E-state index contributed by atoms with van der Waals surface area (Å²) < 4.78 is 24.4. The van der Waals surface area contributed by atoms with Gasteiger partial charge in [0, 0.05) is 18.7 Å². The molecule has 3 rings (SSSR count). The minimum atomic E-state index is -0.335. The van der Waals surface area contributed by atoms with Gasteiger partial charge >= 0.3 is 6.03 Å². The Bertz CT molecular complexity index is 561. The molecular weight excluding hydrogens is 311 g/mol. The van der Waals surface area contributed by atoms with Crippen LogP contribution in [0.3, 0.4) is 0 Å². The summed E-state index contributed by atoms with van der Waals surface area (Å²) in [6.07, 6.45) is 6.41. The van der Waals surface area contributed by atoms with Crippen molar-refractivity contribution in [2.75, 3.05) is 19.8 Å². The Morgan fingerprint density at radius 2 is 2.21 bits per heavy atom. The molecule has 1 aromatic carbocycles. The standard InChI is InChI=1S/C18H25FN2O3/c19-14-4-3-5-16(12-14)23-11-9-20-17(22)21-15-6-10-24-18(13-15)7-1-2-8-18/h3-5,12,15H,1-2,6-11,13H2,(H2,20,21,22)/t15-/m0/s1. The van der Waals surface area contributed by atoms with Gasteiger partial charge in [0.1, 0.15) is 18.2 Å². The van der Waals surface area contributed by atoms with Gasteiger partial charge in [-0.05, 0) is 37.8 Å². The van der Waals surface area contributed by atoms with Gasteiger partial charge in [0.25, 0.3) is 0 Å². The van der Waals surface area contributed by atoms with Crippen molar-refractivity contribution in [3.8, 4) is 5.75 Å². The Morgan fingerprint density at radius 1 is 1.38 bits per heavy atom. The second-order valence-corrected chi connectivity index (χ2v) is 6.63. The first-order valence-electron chi connectivity index (χ1n) is 8.72. The number of nitrogens with one attached hydrogen (secondary N) is 2. The molecule has 0 aromatic heterocycles. The van der Waals surface area contributed by atoms with E-state index in [0.29, 0.717) is 25.5 Å². The van der Waals surface area contributed by atoms with Crippen LogP contribution < -0.4 is 15.4 Å². The number of hydrogen-bond acceptors (Lipinski definition) is 3. The third-order valence-electron chi connectivity index (χ3n) is 4.80. The molecule has 1 atom stereocenters. The predicted molar refractivity (Wildman–Crippen MR) is 88.6 cm³/mol. The van der Waals surface area contributed by atoms with E-state index in [-0.39, 0.29) is 23.5 Å². The van der Waals surface area contributed by atoms with E-state index in [9.17, 15) is 9.18 Å². The molecule has 5 nitrogen and oxygen atoms in total. The van der Waals surface area contributed by atoms with E-state index in [1.807, 2.05) is 0 Å². The van der Waals surface area contributed by atoms with Crippen LogP contribution in [0.2, 0.25) is 0 Å². The van der Waals surface area contributed by atoms with Gasteiger partial charge in [0.15, 0.2) is 0 Å². The van der Waals surface area contributed by atoms with Crippen LogP contribution in [0.5, 0.6) is 5.75 Å². The van der Waals surface area contributed by atoms with E-state index in [2.05, 4.69) is 10.6 Å². The maximum atomic E-state index is 13.0. The lowest BCUT2D eigenvalue weighted by Gasteiger charge is -2.38. The summed E-state index contributed by atoms with van der Waals surface area (Å²) in [4.78, 5) is 12.0. The van der Waals surface area contributed by atoms with E-state index in [0.717, 1.165) is 25.7 Å². The first kappa shape index (κ1) is 17.0. The number of urea groups is 1. The van der Waals surface area contributed by atoms with Crippen LogP contribution in [0.25, 0.3) is 0 Å². The van der Waals surface area contributed by atoms with Crippen LogP contribution in [-0.4, -0.2) is 37.4 Å². The summed E-state index contributed by atoms with van der Waals surface area (Å²) in [7, 11) is 0. The number of ether oxygens (including phenoxy) is 2. The zero-order chi connectivity index (χ0) is 16.8. The smallest absolute Gasteiger partial charge is 0.315 e. The first-order valence-corrected chi connectivity index (χ1v) is 8.72. The van der Waals surface area contributed by atoms with Gasteiger partial charge in [-0.15, -0.1) is 0 Å². The average molecular weight is 336 g/mol. The van der Waals surface area contributed by atoms with Gasteiger partial charge in [-0.1, -0.05) is 18.9 Å². The lowest BCUT2D eigenvalue weighted by atomic mass is 9.89. The van der Waals surface area contributed by atoms with Gasteiger partial charge in [-0.25, -0.2) is 9.18 Å². The topological polar surface area (TPSA) is 59.6 Å². The van der Waals surface area contributed by atoms with E-state index >= 15 is 0 Å². The molecule has 1 saturated carbocycles. The third kappa shape index (κ3) is 4.60. The SMILES string of the molecule is O=C(NCCOc1cccc(F)c1)N[C@H]1CCOC2(CCCC2)C1. The molecule has 1 aromatic rings. The van der Waals surface area contributed by atoms with E-state index in [1.165, 1.54) is 25.0 Å². The van der Waals surface area contributed by atoms with Crippen LogP contribution in [0.1, 0.15) is 38.5 Å². The van der Waals surface area contributed by atoms with E-state index < -0.39 is 0 Å². The molecule has 2 aliphatic rings. The Morgan fingerprint density at radius 3 is 3.00 bits per heavy atom. The van der Waals surface area contributed by atoms with Crippen molar-refractivity contribution in [1.82, 2.24) is 10.6 Å². The summed E-state index contributed by atoms with van der Waals surface area (Å²) in [5.74, 6) is 0.128. The van der Waals surface area contributed by atoms with Crippen LogP contribution in [0, 0.1) is 5.82 Å². The fourth-order valence-electron chi connectivity index (χ4n) is 3.65. The normalized spacial score (nSPS) is 22.3. The predicted octanol–water partition coefficient (Wildman–Crippen LogP) is 3.00. The molecule has 1 heterocycles.